The van der Waals surface area contributed by atoms with E-state index in [0.29, 0.717) is 5.75 Å². The second-order valence-electron chi connectivity index (χ2n) is 4.33. The molecule has 0 saturated heterocycles. The van der Waals surface area contributed by atoms with Crippen LogP contribution in [-0.2, 0) is 10.0 Å². The highest BCUT2D eigenvalue weighted by molar-refractivity contribution is 7.89. The topological polar surface area (TPSA) is 64.6 Å². The quantitative estimate of drug-likeness (QED) is 0.834. The van der Waals surface area contributed by atoms with Gasteiger partial charge in [-0.05, 0) is 25.5 Å². The van der Waals surface area contributed by atoms with E-state index < -0.39 is 10.0 Å². The number of nitrogens with one attached hydrogen (secondary N) is 1. The van der Waals surface area contributed by atoms with Gasteiger partial charge in [0.15, 0.2) is 0 Å². The standard InChI is InChI=1S/C13H21NO4S/c1-5-6-10(2)14-19(15,16)13-8-7-11(17-3)9-12(13)18-4/h7-10,14H,5-6H2,1-4H3. The molecular weight excluding hydrogens is 266 g/mol. The highest BCUT2D eigenvalue weighted by atomic mass is 32.2. The van der Waals surface area contributed by atoms with Gasteiger partial charge in [0.2, 0.25) is 10.0 Å². The molecule has 1 atom stereocenters. The van der Waals surface area contributed by atoms with Gasteiger partial charge in [0.1, 0.15) is 16.4 Å². The van der Waals surface area contributed by atoms with E-state index >= 15 is 0 Å². The molecule has 0 spiro atoms. The fraction of sp³-hybridized carbons (Fsp3) is 0.538. The van der Waals surface area contributed by atoms with Crippen molar-refractivity contribution >= 4 is 10.0 Å². The number of hydrogen-bond acceptors (Lipinski definition) is 4. The molecule has 108 valence electrons. The lowest BCUT2D eigenvalue weighted by molar-refractivity contribution is 0.385. The molecule has 0 aromatic heterocycles. The van der Waals surface area contributed by atoms with Gasteiger partial charge in [-0.25, -0.2) is 13.1 Å². The van der Waals surface area contributed by atoms with E-state index in [2.05, 4.69) is 4.72 Å². The van der Waals surface area contributed by atoms with Crippen molar-refractivity contribution in [2.24, 2.45) is 0 Å². The first kappa shape index (κ1) is 15.8. The summed E-state index contributed by atoms with van der Waals surface area (Å²) in [7, 11) is -0.628. The number of rotatable bonds is 7. The van der Waals surface area contributed by atoms with Crippen LogP contribution in [-0.4, -0.2) is 28.7 Å². The third-order valence-corrected chi connectivity index (χ3v) is 4.37. The van der Waals surface area contributed by atoms with E-state index in [1.807, 2.05) is 13.8 Å². The molecule has 6 heteroatoms. The van der Waals surface area contributed by atoms with Gasteiger partial charge >= 0.3 is 0 Å². The fourth-order valence-electron chi connectivity index (χ4n) is 1.82. The second kappa shape index (κ2) is 6.77. The second-order valence-corrected chi connectivity index (χ2v) is 6.01. The molecule has 0 aliphatic carbocycles. The zero-order valence-corrected chi connectivity index (χ0v) is 12.6. The van der Waals surface area contributed by atoms with Gasteiger partial charge in [-0.3, -0.25) is 0 Å². The normalized spacial score (nSPS) is 13.1. The Balaban J connectivity index is 3.07. The van der Waals surface area contributed by atoms with Gasteiger partial charge in [0.05, 0.1) is 14.2 Å². The maximum Gasteiger partial charge on any atom is 0.244 e. The van der Waals surface area contributed by atoms with Gasteiger partial charge in [-0.1, -0.05) is 13.3 Å². The summed E-state index contributed by atoms with van der Waals surface area (Å²) in [6.07, 6.45) is 1.71. The van der Waals surface area contributed by atoms with Crippen LogP contribution in [0, 0.1) is 0 Å². The lowest BCUT2D eigenvalue weighted by Crippen LogP contribution is -2.32. The first-order chi connectivity index (χ1) is 8.94. The summed E-state index contributed by atoms with van der Waals surface area (Å²) in [6, 6.07) is 4.53. The Morgan fingerprint density at radius 1 is 1.26 bits per heavy atom. The number of sulfonamides is 1. The molecule has 1 aromatic rings. The van der Waals surface area contributed by atoms with Crippen molar-refractivity contribution in [1.29, 1.82) is 0 Å². The molecule has 19 heavy (non-hydrogen) atoms. The van der Waals surface area contributed by atoms with Crippen molar-refractivity contribution in [3.8, 4) is 11.5 Å². The van der Waals surface area contributed by atoms with Crippen molar-refractivity contribution in [2.45, 2.75) is 37.6 Å². The minimum atomic E-state index is -3.58. The van der Waals surface area contributed by atoms with Crippen LogP contribution in [0.3, 0.4) is 0 Å². The minimum absolute atomic E-state index is 0.109. The van der Waals surface area contributed by atoms with Crippen LogP contribution in [0.1, 0.15) is 26.7 Å². The molecule has 1 N–H and O–H groups in total. The molecule has 0 fully saturated rings. The monoisotopic (exact) mass is 287 g/mol. The Morgan fingerprint density at radius 2 is 1.95 bits per heavy atom. The Bertz CT molecular complexity index is 513. The lowest BCUT2D eigenvalue weighted by Gasteiger charge is -2.15. The van der Waals surface area contributed by atoms with Gasteiger partial charge < -0.3 is 9.47 Å². The number of methoxy groups -OCH3 is 2. The summed E-state index contributed by atoms with van der Waals surface area (Å²) in [4.78, 5) is 0.124. The Hall–Kier alpha value is -1.27. The zero-order valence-electron chi connectivity index (χ0n) is 11.8. The fourth-order valence-corrected chi connectivity index (χ4v) is 3.25. The van der Waals surface area contributed by atoms with Crippen LogP contribution >= 0.6 is 0 Å². The number of benzene rings is 1. The summed E-state index contributed by atoms with van der Waals surface area (Å²) in [5.74, 6) is 0.827. The van der Waals surface area contributed by atoms with E-state index in [1.54, 1.807) is 12.1 Å². The molecule has 0 bridgehead atoms. The maximum absolute atomic E-state index is 12.3. The van der Waals surface area contributed by atoms with E-state index in [9.17, 15) is 8.42 Å². The lowest BCUT2D eigenvalue weighted by atomic mass is 10.2. The molecule has 5 nitrogen and oxygen atoms in total. The maximum atomic E-state index is 12.3. The Kier molecular flexibility index (Phi) is 5.62. The molecule has 0 aliphatic heterocycles. The Labute approximate surface area is 115 Å². The van der Waals surface area contributed by atoms with Crippen LogP contribution in [0.2, 0.25) is 0 Å². The molecular formula is C13H21NO4S. The molecule has 0 saturated carbocycles. The van der Waals surface area contributed by atoms with E-state index in [1.165, 1.54) is 20.3 Å². The van der Waals surface area contributed by atoms with Crippen molar-refractivity contribution in [1.82, 2.24) is 4.72 Å². The van der Waals surface area contributed by atoms with Gasteiger partial charge in [-0.2, -0.15) is 0 Å². The van der Waals surface area contributed by atoms with E-state index in [-0.39, 0.29) is 16.7 Å². The third-order valence-electron chi connectivity index (χ3n) is 2.74. The number of hydrogen-bond donors (Lipinski definition) is 1. The molecule has 0 aliphatic rings. The predicted molar refractivity (Wildman–Crippen MR) is 74.2 cm³/mol. The van der Waals surface area contributed by atoms with E-state index in [0.717, 1.165) is 12.8 Å². The molecule has 1 unspecified atom stereocenters. The molecule has 1 aromatic carbocycles. The van der Waals surface area contributed by atoms with Crippen molar-refractivity contribution < 1.29 is 17.9 Å². The van der Waals surface area contributed by atoms with Crippen molar-refractivity contribution in [2.75, 3.05) is 14.2 Å². The summed E-state index contributed by atoms with van der Waals surface area (Å²) in [5.41, 5.74) is 0. The first-order valence-corrected chi connectivity index (χ1v) is 7.67. The number of ether oxygens (including phenoxy) is 2. The Morgan fingerprint density at radius 3 is 2.47 bits per heavy atom. The van der Waals surface area contributed by atoms with Crippen LogP contribution in [0.15, 0.2) is 23.1 Å². The third kappa shape index (κ3) is 4.11. The zero-order chi connectivity index (χ0) is 14.5. The minimum Gasteiger partial charge on any atom is -0.497 e. The first-order valence-electron chi connectivity index (χ1n) is 6.19. The summed E-state index contributed by atoms with van der Waals surface area (Å²) < 4.78 is 37.3. The summed E-state index contributed by atoms with van der Waals surface area (Å²) in [6.45, 7) is 3.86. The van der Waals surface area contributed by atoms with Gasteiger partial charge in [0.25, 0.3) is 0 Å². The summed E-state index contributed by atoms with van der Waals surface area (Å²) in [5, 5.41) is 0. The van der Waals surface area contributed by atoms with Crippen LogP contribution in [0.4, 0.5) is 0 Å². The predicted octanol–water partition coefficient (Wildman–Crippen LogP) is 2.17. The van der Waals surface area contributed by atoms with Crippen LogP contribution in [0.25, 0.3) is 0 Å². The van der Waals surface area contributed by atoms with Crippen LogP contribution < -0.4 is 14.2 Å². The van der Waals surface area contributed by atoms with Gasteiger partial charge in [0, 0.05) is 12.1 Å². The van der Waals surface area contributed by atoms with Crippen molar-refractivity contribution in [3.63, 3.8) is 0 Å². The molecule has 0 amide bonds. The van der Waals surface area contributed by atoms with Gasteiger partial charge in [-0.15, -0.1) is 0 Å². The summed E-state index contributed by atoms with van der Waals surface area (Å²) >= 11 is 0. The smallest absolute Gasteiger partial charge is 0.244 e. The average molecular weight is 287 g/mol. The highest BCUT2D eigenvalue weighted by Crippen LogP contribution is 2.28. The molecule has 0 heterocycles. The highest BCUT2D eigenvalue weighted by Gasteiger charge is 2.21. The molecule has 0 radical (unpaired) electrons. The van der Waals surface area contributed by atoms with Crippen molar-refractivity contribution in [3.05, 3.63) is 18.2 Å². The molecule has 1 rings (SSSR count). The van der Waals surface area contributed by atoms with Crippen LogP contribution in [0.5, 0.6) is 11.5 Å². The largest absolute Gasteiger partial charge is 0.497 e. The average Bonchev–Trinajstić information content (AvgIpc) is 2.37. The van der Waals surface area contributed by atoms with E-state index in [4.69, 9.17) is 9.47 Å². The SMILES string of the molecule is CCCC(C)NS(=O)(=O)c1ccc(OC)cc1OC.